The third-order valence-corrected chi connectivity index (χ3v) is 5.02. The van der Waals surface area contributed by atoms with Crippen molar-refractivity contribution in [2.24, 2.45) is 5.92 Å². The van der Waals surface area contributed by atoms with E-state index in [1.54, 1.807) is 0 Å². The van der Waals surface area contributed by atoms with Crippen molar-refractivity contribution >= 4 is 0 Å². The third kappa shape index (κ3) is 7.34. The Morgan fingerprint density at radius 2 is 1.37 bits per heavy atom. The van der Waals surface area contributed by atoms with Gasteiger partial charge >= 0.3 is 0 Å². The molecule has 0 spiro atoms. The molecule has 0 amide bonds. The first-order valence-electron chi connectivity index (χ1n) is 8.89. The smallest absolute Gasteiger partial charge is 0.0647 e. The van der Waals surface area contributed by atoms with Crippen LogP contribution < -0.4 is 0 Å². The Morgan fingerprint density at radius 3 is 1.95 bits per heavy atom. The molecule has 0 radical (unpaired) electrons. The van der Waals surface area contributed by atoms with Gasteiger partial charge in [-0.3, -0.25) is 0 Å². The molecule has 0 aromatic rings. The average molecular weight is 268 g/mol. The average Bonchev–Trinajstić information content (AvgIpc) is 2.43. The summed E-state index contributed by atoms with van der Waals surface area (Å²) in [6.45, 7) is 4.36. The lowest BCUT2D eigenvalue weighted by molar-refractivity contribution is -0.0254. The van der Waals surface area contributed by atoms with Crippen LogP contribution in [0.1, 0.15) is 104 Å². The maximum atomic E-state index is 10.6. The molecule has 1 saturated carbocycles. The van der Waals surface area contributed by atoms with Gasteiger partial charge in [-0.05, 0) is 32.1 Å². The Labute approximate surface area is 121 Å². The summed E-state index contributed by atoms with van der Waals surface area (Å²) < 4.78 is 0. The zero-order chi connectivity index (χ0) is 14.0. The molecule has 1 heteroatoms. The van der Waals surface area contributed by atoms with Crippen molar-refractivity contribution in [2.75, 3.05) is 0 Å². The number of hydrogen-bond acceptors (Lipinski definition) is 1. The highest BCUT2D eigenvalue weighted by Crippen LogP contribution is 2.35. The van der Waals surface area contributed by atoms with Gasteiger partial charge in [-0.25, -0.2) is 0 Å². The zero-order valence-electron chi connectivity index (χ0n) is 13.4. The van der Waals surface area contributed by atoms with Crippen LogP contribution in [0.2, 0.25) is 0 Å². The molecule has 0 bridgehead atoms. The van der Waals surface area contributed by atoms with E-state index in [2.05, 4.69) is 13.8 Å². The SMILES string of the molecule is CCCCCCCCCCC(C)(O)C1CCCCC1. The molecule has 1 atom stereocenters. The standard InChI is InChI=1S/C18H36O/c1-3-4-5-6-7-8-9-13-16-18(2,19)17-14-11-10-12-15-17/h17,19H,3-16H2,1-2H3. The zero-order valence-corrected chi connectivity index (χ0v) is 13.4. The highest BCUT2D eigenvalue weighted by atomic mass is 16.3. The summed E-state index contributed by atoms with van der Waals surface area (Å²) in [7, 11) is 0. The van der Waals surface area contributed by atoms with Crippen LogP contribution in [0.5, 0.6) is 0 Å². The fourth-order valence-electron chi connectivity index (χ4n) is 3.55. The number of rotatable bonds is 10. The lowest BCUT2D eigenvalue weighted by Gasteiger charge is -2.35. The van der Waals surface area contributed by atoms with E-state index in [1.165, 1.54) is 83.5 Å². The normalized spacial score (nSPS) is 20.4. The van der Waals surface area contributed by atoms with Crippen molar-refractivity contribution < 1.29 is 5.11 Å². The van der Waals surface area contributed by atoms with E-state index >= 15 is 0 Å². The van der Waals surface area contributed by atoms with Gasteiger partial charge in [0.1, 0.15) is 0 Å². The summed E-state index contributed by atoms with van der Waals surface area (Å²) in [5.41, 5.74) is -0.386. The molecule has 0 aromatic carbocycles. The third-order valence-electron chi connectivity index (χ3n) is 5.02. The summed E-state index contributed by atoms with van der Waals surface area (Å²) in [6, 6.07) is 0. The largest absolute Gasteiger partial charge is 0.390 e. The fraction of sp³-hybridized carbons (Fsp3) is 1.00. The second-order valence-electron chi connectivity index (χ2n) is 6.92. The van der Waals surface area contributed by atoms with E-state index in [1.807, 2.05) is 0 Å². The Hall–Kier alpha value is -0.0400. The molecule has 1 aliphatic carbocycles. The van der Waals surface area contributed by atoms with E-state index in [9.17, 15) is 5.11 Å². The maximum absolute atomic E-state index is 10.6. The molecule has 1 fully saturated rings. The first kappa shape index (κ1) is 17.0. The first-order valence-corrected chi connectivity index (χ1v) is 8.89. The van der Waals surface area contributed by atoms with Crippen LogP contribution in [-0.4, -0.2) is 10.7 Å². The topological polar surface area (TPSA) is 20.2 Å². The van der Waals surface area contributed by atoms with E-state index in [0.717, 1.165) is 6.42 Å². The van der Waals surface area contributed by atoms with Gasteiger partial charge in [0.15, 0.2) is 0 Å². The molecule has 1 aliphatic rings. The lowest BCUT2D eigenvalue weighted by Crippen LogP contribution is -2.35. The van der Waals surface area contributed by atoms with Crippen LogP contribution >= 0.6 is 0 Å². The molecule has 0 heterocycles. The molecule has 0 saturated heterocycles. The molecule has 1 rings (SSSR count). The predicted octanol–water partition coefficient (Wildman–Crippen LogP) is 5.85. The van der Waals surface area contributed by atoms with Gasteiger partial charge < -0.3 is 5.11 Å². The van der Waals surface area contributed by atoms with Crippen molar-refractivity contribution in [3.8, 4) is 0 Å². The van der Waals surface area contributed by atoms with Gasteiger partial charge in [0.05, 0.1) is 5.60 Å². The quantitative estimate of drug-likeness (QED) is 0.493. The van der Waals surface area contributed by atoms with Crippen LogP contribution in [0.4, 0.5) is 0 Å². The molecular weight excluding hydrogens is 232 g/mol. The summed E-state index contributed by atoms with van der Waals surface area (Å²) in [6.07, 6.45) is 18.4. The maximum Gasteiger partial charge on any atom is 0.0647 e. The molecule has 0 aliphatic heterocycles. The number of unbranched alkanes of at least 4 members (excludes halogenated alkanes) is 7. The molecular formula is C18H36O. The van der Waals surface area contributed by atoms with Gasteiger partial charge in [-0.2, -0.15) is 0 Å². The fourth-order valence-corrected chi connectivity index (χ4v) is 3.55. The Balaban J connectivity index is 2.00. The minimum Gasteiger partial charge on any atom is -0.390 e. The van der Waals surface area contributed by atoms with Gasteiger partial charge in [0, 0.05) is 0 Å². The highest BCUT2D eigenvalue weighted by molar-refractivity contribution is 4.84. The van der Waals surface area contributed by atoms with Crippen molar-refractivity contribution in [3.63, 3.8) is 0 Å². The van der Waals surface area contributed by atoms with E-state index in [-0.39, 0.29) is 5.60 Å². The predicted molar refractivity (Wildman–Crippen MR) is 84.4 cm³/mol. The van der Waals surface area contributed by atoms with Gasteiger partial charge in [-0.15, -0.1) is 0 Å². The summed E-state index contributed by atoms with van der Waals surface area (Å²) in [5.74, 6) is 0.575. The summed E-state index contributed by atoms with van der Waals surface area (Å²) >= 11 is 0. The second-order valence-corrected chi connectivity index (χ2v) is 6.92. The van der Waals surface area contributed by atoms with Crippen molar-refractivity contribution in [2.45, 2.75) is 109 Å². The second kappa shape index (κ2) is 9.80. The van der Waals surface area contributed by atoms with E-state index < -0.39 is 0 Å². The Morgan fingerprint density at radius 1 is 0.842 bits per heavy atom. The molecule has 19 heavy (non-hydrogen) atoms. The highest BCUT2D eigenvalue weighted by Gasteiger charge is 2.31. The van der Waals surface area contributed by atoms with Crippen molar-refractivity contribution in [1.29, 1.82) is 0 Å². The summed E-state index contributed by atoms with van der Waals surface area (Å²) in [4.78, 5) is 0. The van der Waals surface area contributed by atoms with Gasteiger partial charge in [0.2, 0.25) is 0 Å². The minimum absolute atomic E-state index is 0.386. The van der Waals surface area contributed by atoms with Gasteiger partial charge in [0.25, 0.3) is 0 Å². The first-order chi connectivity index (χ1) is 9.17. The van der Waals surface area contributed by atoms with Crippen LogP contribution in [0.3, 0.4) is 0 Å². The minimum atomic E-state index is -0.386. The molecule has 114 valence electrons. The van der Waals surface area contributed by atoms with E-state index in [0.29, 0.717) is 5.92 Å². The summed E-state index contributed by atoms with van der Waals surface area (Å²) in [5, 5.41) is 10.6. The van der Waals surface area contributed by atoms with Crippen molar-refractivity contribution in [3.05, 3.63) is 0 Å². The monoisotopic (exact) mass is 268 g/mol. The van der Waals surface area contributed by atoms with Crippen LogP contribution in [0.25, 0.3) is 0 Å². The Kier molecular flexibility index (Phi) is 8.77. The number of hydrogen-bond donors (Lipinski definition) is 1. The molecule has 0 aromatic heterocycles. The lowest BCUT2D eigenvalue weighted by atomic mass is 9.75. The van der Waals surface area contributed by atoms with Gasteiger partial charge in [-0.1, -0.05) is 77.6 Å². The van der Waals surface area contributed by atoms with Crippen LogP contribution in [-0.2, 0) is 0 Å². The van der Waals surface area contributed by atoms with Crippen LogP contribution in [0, 0.1) is 5.92 Å². The molecule has 1 unspecified atom stereocenters. The van der Waals surface area contributed by atoms with Crippen molar-refractivity contribution in [1.82, 2.24) is 0 Å². The molecule has 1 nitrogen and oxygen atoms in total. The molecule has 1 N–H and O–H groups in total. The van der Waals surface area contributed by atoms with Crippen LogP contribution in [0.15, 0.2) is 0 Å². The number of aliphatic hydroxyl groups is 1. The van der Waals surface area contributed by atoms with E-state index in [4.69, 9.17) is 0 Å². The Bertz CT molecular complexity index is 204.